The van der Waals surface area contributed by atoms with Crippen LogP contribution in [-0.4, -0.2) is 30.7 Å². The first-order valence-corrected chi connectivity index (χ1v) is 9.29. The maximum Gasteiger partial charge on any atom is 0.0708 e. The first kappa shape index (κ1) is 15.1. The second kappa shape index (κ2) is 6.98. The third-order valence-electron chi connectivity index (χ3n) is 5.90. The van der Waals surface area contributed by atoms with Crippen molar-refractivity contribution in [1.82, 2.24) is 5.32 Å². The van der Waals surface area contributed by atoms with E-state index < -0.39 is 0 Å². The van der Waals surface area contributed by atoms with Crippen LogP contribution in [-0.2, 0) is 4.74 Å². The minimum atomic E-state index is 0.274. The molecule has 3 rings (SSSR count). The summed E-state index contributed by atoms with van der Waals surface area (Å²) in [7, 11) is 0. The van der Waals surface area contributed by atoms with Crippen molar-refractivity contribution in [2.75, 3.05) is 19.0 Å². The minimum absolute atomic E-state index is 0.274. The van der Waals surface area contributed by atoms with Gasteiger partial charge in [0.2, 0.25) is 0 Å². The molecule has 0 aromatic heterocycles. The molecule has 2 nitrogen and oxygen atoms in total. The van der Waals surface area contributed by atoms with Crippen molar-refractivity contribution in [2.24, 2.45) is 11.8 Å². The first-order valence-electron chi connectivity index (χ1n) is 8.76. The van der Waals surface area contributed by atoms with E-state index in [2.05, 4.69) is 5.32 Å². The normalized spacial score (nSPS) is 36.8. The van der Waals surface area contributed by atoms with Crippen LogP contribution in [0.3, 0.4) is 0 Å². The van der Waals surface area contributed by atoms with E-state index in [0.29, 0.717) is 6.10 Å². The Morgan fingerprint density at radius 1 is 0.900 bits per heavy atom. The number of hydrogen-bond donors (Lipinski definition) is 1. The van der Waals surface area contributed by atoms with E-state index in [1.54, 1.807) is 0 Å². The molecule has 0 amide bonds. The van der Waals surface area contributed by atoms with Crippen molar-refractivity contribution in [3.05, 3.63) is 0 Å². The van der Waals surface area contributed by atoms with Crippen LogP contribution in [0.5, 0.6) is 0 Å². The van der Waals surface area contributed by atoms with Gasteiger partial charge in [0.1, 0.15) is 0 Å². The standard InChI is InChI=1S/C17H30ClNO/c18-11-14-5-4-6-15(14)12-19-13-16-7-10-17(20-16)8-2-1-3-9-17/h14-16,19H,1-13H2. The van der Waals surface area contributed by atoms with Gasteiger partial charge in [-0.25, -0.2) is 0 Å². The third-order valence-corrected chi connectivity index (χ3v) is 6.29. The first-order chi connectivity index (χ1) is 9.81. The Bertz CT molecular complexity index is 303. The van der Waals surface area contributed by atoms with E-state index in [-0.39, 0.29) is 5.60 Å². The summed E-state index contributed by atoms with van der Waals surface area (Å²) in [6.45, 7) is 2.19. The lowest BCUT2D eigenvalue weighted by Crippen LogP contribution is -2.36. The molecule has 116 valence electrons. The van der Waals surface area contributed by atoms with Crippen molar-refractivity contribution < 1.29 is 4.74 Å². The summed E-state index contributed by atoms with van der Waals surface area (Å²) in [6, 6.07) is 0. The van der Waals surface area contributed by atoms with Crippen LogP contribution in [0.25, 0.3) is 0 Å². The summed E-state index contributed by atoms with van der Waals surface area (Å²) in [5, 5.41) is 3.67. The molecule has 0 aromatic rings. The second-order valence-electron chi connectivity index (χ2n) is 7.29. The Hall–Kier alpha value is 0.210. The van der Waals surface area contributed by atoms with Crippen LogP contribution in [0.15, 0.2) is 0 Å². The fraction of sp³-hybridized carbons (Fsp3) is 1.00. The van der Waals surface area contributed by atoms with Crippen molar-refractivity contribution in [1.29, 1.82) is 0 Å². The Labute approximate surface area is 129 Å². The molecule has 1 aliphatic heterocycles. The molecule has 1 spiro atoms. The summed E-state index contributed by atoms with van der Waals surface area (Å²) in [6.07, 6.45) is 13.9. The number of rotatable bonds is 5. The van der Waals surface area contributed by atoms with Crippen molar-refractivity contribution >= 4 is 11.6 Å². The van der Waals surface area contributed by atoms with Gasteiger partial charge in [0, 0.05) is 12.4 Å². The highest BCUT2D eigenvalue weighted by Gasteiger charge is 2.40. The van der Waals surface area contributed by atoms with E-state index in [1.165, 1.54) is 64.2 Å². The molecule has 1 heterocycles. The summed E-state index contributed by atoms with van der Waals surface area (Å²) < 4.78 is 6.42. The van der Waals surface area contributed by atoms with E-state index in [4.69, 9.17) is 16.3 Å². The fourth-order valence-corrected chi connectivity index (χ4v) is 5.02. The Morgan fingerprint density at radius 3 is 2.50 bits per heavy atom. The van der Waals surface area contributed by atoms with Gasteiger partial charge in [-0.05, 0) is 56.9 Å². The predicted molar refractivity (Wildman–Crippen MR) is 84.3 cm³/mol. The van der Waals surface area contributed by atoms with Gasteiger partial charge in [-0.1, -0.05) is 25.7 Å². The Kier molecular flexibility index (Phi) is 5.28. The molecule has 3 atom stereocenters. The van der Waals surface area contributed by atoms with Gasteiger partial charge < -0.3 is 10.1 Å². The molecule has 2 aliphatic carbocycles. The van der Waals surface area contributed by atoms with Crippen molar-refractivity contribution in [3.63, 3.8) is 0 Å². The lowest BCUT2D eigenvalue weighted by atomic mass is 9.83. The van der Waals surface area contributed by atoms with E-state index in [9.17, 15) is 0 Å². The number of ether oxygens (including phenoxy) is 1. The lowest BCUT2D eigenvalue weighted by Gasteiger charge is -2.33. The highest BCUT2D eigenvalue weighted by Crippen LogP contribution is 2.41. The average molecular weight is 300 g/mol. The third kappa shape index (κ3) is 3.51. The fourth-order valence-electron chi connectivity index (χ4n) is 4.62. The van der Waals surface area contributed by atoms with Crippen LogP contribution in [0.2, 0.25) is 0 Å². The number of nitrogens with one attached hydrogen (secondary N) is 1. The molecule has 20 heavy (non-hydrogen) atoms. The zero-order chi connectivity index (χ0) is 13.8. The predicted octanol–water partition coefficient (Wildman–Crippen LogP) is 4.11. The zero-order valence-electron chi connectivity index (χ0n) is 12.7. The number of halogens is 1. The largest absolute Gasteiger partial charge is 0.370 e. The topological polar surface area (TPSA) is 21.3 Å². The summed E-state index contributed by atoms with van der Waals surface area (Å²) >= 11 is 6.05. The average Bonchev–Trinajstić information content (AvgIpc) is 3.07. The van der Waals surface area contributed by atoms with Crippen LogP contribution in [0.1, 0.15) is 64.2 Å². The molecule has 1 N–H and O–H groups in total. The number of alkyl halides is 1. The molecule has 3 aliphatic rings. The van der Waals surface area contributed by atoms with Crippen LogP contribution in [0, 0.1) is 11.8 Å². The molecule has 0 bridgehead atoms. The molecular formula is C17H30ClNO. The van der Waals surface area contributed by atoms with E-state index >= 15 is 0 Å². The summed E-state index contributed by atoms with van der Waals surface area (Å²) in [4.78, 5) is 0. The summed E-state index contributed by atoms with van der Waals surface area (Å²) in [5.41, 5.74) is 0.274. The van der Waals surface area contributed by atoms with Gasteiger partial charge in [-0.3, -0.25) is 0 Å². The minimum Gasteiger partial charge on any atom is -0.370 e. The van der Waals surface area contributed by atoms with Crippen LogP contribution < -0.4 is 5.32 Å². The maximum absolute atomic E-state index is 6.42. The molecule has 0 radical (unpaired) electrons. The molecule has 3 fully saturated rings. The molecule has 0 aromatic carbocycles. The molecular weight excluding hydrogens is 270 g/mol. The molecule has 2 saturated carbocycles. The SMILES string of the molecule is ClCC1CCCC1CNCC1CCC2(CCCCC2)O1. The van der Waals surface area contributed by atoms with Gasteiger partial charge in [-0.2, -0.15) is 0 Å². The van der Waals surface area contributed by atoms with Crippen molar-refractivity contribution in [3.8, 4) is 0 Å². The molecule has 1 saturated heterocycles. The summed E-state index contributed by atoms with van der Waals surface area (Å²) in [5.74, 6) is 2.39. The smallest absolute Gasteiger partial charge is 0.0708 e. The highest BCUT2D eigenvalue weighted by molar-refractivity contribution is 6.18. The van der Waals surface area contributed by atoms with E-state index in [0.717, 1.165) is 30.8 Å². The van der Waals surface area contributed by atoms with Crippen LogP contribution >= 0.6 is 11.6 Å². The van der Waals surface area contributed by atoms with Crippen LogP contribution in [0.4, 0.5) is 0 Å². The maximum atomic E-state index is 6.42. The van der Waals surface area contributed by atoms with Gasteiger partial charge in [0.15, 0.2) is 0 Å². The second-order valence-corrected chi connectivity index (χ2v) is 7.59. The zero-order valence-corrected chi connectivity index (χ0v) is 13.5. The van der Waals surface area contributed by atoms with Crippen molar-refractivity contribution in [2.45, 2.75) is 75.9 Å². The van der Waals surface area contributed by atoms with Gasteiger partial charge in [-0.15, -0.1) is 11.6 Å². The Balaban J connectivity index is 1.37. The quantitative estimate of drug-likeness (QED) is 0.771. The van der Waals surface area contributed by atoms with Gasteiger partial charge in [0.05, 0.1) is 11.7 Å². The highest BCUT2D eigenvalue weighted by atomic mass is 35.5. The van der Waals surface area contributed by atoms with E-state index in [1.807, 2.05) is 0 Å². The molecule has 3 heteroatoms. The Morgan fingerprint density at radius 2 is 1.70 bits per heavy atom. The monoisotopic (exact) mass is 299 g/mol. The lowest BCUT2D eigenvalue weighted by molar-refractivity contribution is -0.0625. The number of hydrogen-bond acceptors (Lipinski definition) is 2. The van der Waals surface area contributed by atoms with Gasteiger partial charge >= 0.3 is 0 Å². The van der Waals surface area contributed by atoms with Gasteiger partial charge in [0.25, 0.3) is 0 Å². The molecule has 3 unspecified atom stereocenters.